The molecule has 0 bridgehead atoms. The zero-order valence-electron chi connectivity index (χ0n) is 27.2. The molecule has 0 saturated heterocycles. The molecule has 0 aliphatic rings. The standard InChI is InChI=1S/C45H27N5O/c1-3-13-28(14-4-1)43-46-44(48-45(47-43)50-38-21-11-7-17-31(38)32-18-8-12-22-39(32)50)29-23-24-34-36-26-35-33-19-9-10-20-37(33)49(30-15-5-2-6-16-30)40(35)27-42(36)51-41(34)25-29/h1-27H. The second-order valence-electron chi connectivity index (χ2n) is 12.9. The molecule has 0 atom stereocenters. The maximum Gasteiger partial charge on any atom is 0.238 e. The Kier molecular flexibility index (Phi) is 5.86. The number of rotatable bonds is 4. The summed E-state index contributed by atoms with van der Waals surface area (Å²) in [6.07, 6.45) is 0. The second-order valence-corrected chi connectivity index (χ2v) is 12.9. The lowest BCUT2D eigenvalue weighted by Crippen LogP contribution is -2.06. The molecule has 6 heteroatoms. The molecule has 238 valence electrons. The van der Waals surface area contributed by atoms with Crippen LogP contribution in [0, 0.1) is 0 Å². The first kappa shape index (κ1) is 27.9. The summed E-state index contributed by atoms with van der Waals surface area (Å²) in [7, 11) is 0. The highest BCUT2D eigenvalue weighted by Crippen LogP contribution is 2.39. The molecule has 0 unspecified atom stereocenters. The van der Waals surface area contributed by atoms with Crippen molar-refractivity contribution in [1.82, 2.24) is 24.1 Å². The van der Waals surface area contributed by atoms with Gasteiger partial charge >= 0.3 is 0 Å². The maximum atomic E-state index is 6.65. The Balaban J connectivity index is 1.13. The van der Waals surface area contributed by atoms with Gasteiger partial charge in [-0.25, -0.2) is 4.98 Å². The molecular weight excluding hydrogens is 627 g/mol. The van der Waals surface area contributed by atoms with Gasteiger partial charge in [-0.1, -0.05) is 109 Å². The largest absolute Gasteiger partial charge is 0.456 e. The first-order valence-corrected chi connectivity index (χ1v) is 17.0. The maximum absolute atomic E-state index is 6.65. The van der Waals surface area contributed by atoms with Gasteiger partial charge in [0.2, 0.25) is 5.95 Å². The smallest absolute Gasteiger partial charge is 0.238 e. The molecule has 0 aliphatic heterocycles. The summed E-state index contributed by atoms with van der Waals surface area (Å²) in [4.78, 5) is 15.3. The molecule has 7 aromatic carbocycles. The number of furan rings is 1. The average Bonchev–Trinajstić information content (AvgIpc) is 3.84. The number of para-hydroxylation sites is 4. The summed E-state index contributed by atoms with van der Waals surface area (Å²) in [5, 5.41) is 6.83. The van der Waals surface area contributed by atoms with Crippen molar-refractivity contribution in [2.24, 2.45) is 0 Å². The topological polar surface area (TPSA) is 61.7 Å². The SMILES string of the molecule is c1ccc(-c2nc(-c3ccc4c(c3)oc3cc5c(cc34)c3ccccc3n5-c3ccccc3)nc(-n3c4ccccc4c4ccccc43)n2)cc1. The molecule has 0 fully saturated rings. The fraction of sp³-hybridized carbons (Fsp3) is 0. The molecule has 0 aliphatic carbocycles. The van der Waals surface area contributed by atoms with E-state index in [0.717, 1.165) is 66.1 Å². The summed E-state index contributed by atoms with van der Waals surface area (Å²) < 4.78 is 11.1. The zero-order valence-corrected chi connectivity index (χ0v) is 27.2. The van der Waals surface area contributed by atoms with Crippen LogP contribution in [0.25, 0.3) is 100.0 Å². The van der Waals surface area contributed by atoms with Crippen molar-refractivity contribution in [3.63, 3.8) is 0 Å². The minimum Gasteiger partial charge on any atom is -0.456 e. The van der Waals surface area contributed by atoms with Gasteiger partial charge in [-0.3, -0.25) is 4.57 Å². The lowest BCUT2D eigenvalue weighted by atomic mass is 10.1. The molecule has 11 aromatic rings. The molecule has 0 spiro atoms. The van der Waals surface area contributed by atoms with E-state index in [4.69, 9.17) is 19.4 Å². The number of nitrogens with zero attached hydrogens (tertiary/aromatic N) is 5. The molecule has 4 aromatic heterocycles. The number of fused-ring (bicyclic) bond motifs is 9. The summed E-state index contributed by atoms with van der Waals surface area (Å²) in [5.41, 5.74) is 8.87. The Bertz CT molecular complexity index is 3080. The summed E-state index contributed by atoms with van der Waals surface area (Å²) in [5.74, 6) is 1.75. The Morgan fingerprint density at radius 2 is 0.902 bits per heavy atom. The molecule has 0 radical (unpaired) electrons. The van der Waals surface area contributed by atoms with E-state index < -0.39 is 0 Å². The number of hydrogen-bond donors (Lipinski definition) is 0. The molecule has 4 heterocycles. The highest BCUT2D eigenvalue weighted by molar-refractivity contribution is 6.17. The van der Waals surface area contributed by atoms with Gasteiger partial charge in [0.1, 0.15) is 11.2 Å². The van der Waals surface area contributed by atoms with E-state index in [1.807, 2.05) is 36.4 Å². The fourth-order valence-corrected chi connectivity index (χ4v) is 7.68. The monoisotopic (exact) mass is 653 g/mol. The molecular formula is C45H27N5O. The van der Waals surface area contributed by atoms with Crippen LogP contribution in [0.2, 0.25) is 0 Å². The predicted octanol–water partition coefficient (Wildman–Crippen LogP) is 11.3. The van der Waals surface area contributed by atoms with Crippen molar-refractivity contribution < 1.29 is 4.42 Å². The van der Waals surface area contributed by atoms with Gasteiger partial charge in [0.05, 0.1) is 22.1 Å². The summed E-state index contributed by atoms with van der Waals surface area (Å²) in [6.45, 7) is 0. The Morgan fingerprint density at radius 3 is 1.59 bits per heavy atom. The third-order valence-electron chi connectivity index (χ3n) is 9.97. The number of aromatic nitrogens is 5. The third kappa shape index (κ3) is 4.20. The minimum atomic E-state index is 0.567. The van der Waals surface area contributed by atoms with Gasteiger partial charge in [0.25, 0.3) is 0 Å². The van der Waals surface area contributed by atoms with Gasteiger partial charge in [-0.15, -0.1) is 0 Å². The highest BCUT2D eigenvalue weighted by Gasteiger charge is 2.20. The van der Waals surface area contributed by atoms with E-state index in [-0.39, 0.29) is 0 Å². The third-order valence-corrected chi connectivity index (χ3v) is 9.97. The predicted molar refractivity (Wildman–Crippen MR) is 207 cm³/mol. The van der Waals surface area contributed by atoms with Crippen LogP contribution in [-0.2, 0) is 0 Å². The lowest BCUT2D eigenvalue weighted by molar-refractivity contribution is 0.669. The normalized spacial score (nSPS) is 11.9. The van der Waals surface area contributed by atoms with Crippen molar-refractivity contribution in [1.29, 1.82) is 0 Å². The van der Waals surface area contributed by atoms with Crippen LogP contribution in [0.3, 0.4) is 0 Å². The van der Waals surface area contributed by atoms with Crippen LogP contribution >= 0.6 is 0 Å². The van der Waals surface area contributed by atoms with Crippen LogP contribution in [-0.4, -0.2) is 24.1 Å². The molecule has 0 amide bonds. The first-order chi connectivity index (χ1) is 25.3. The van der Waals surface area contributed by atoms with Crippen molar-refractivity contribution in [3.05, 3.63) is 164 Å². The van der Waals surface area contributed by atoms with E-state index >= 15 is 0 Å². The van der Waals surface area contributed by atoms with Gasteiger partial charge < -0.3 is 8.98 Å². The van der Waals surface area contributed by atoms with Crippen LogP contribution < -0.4 is 0 Å². The van der Waals surface area contributed by atoms with Gasteiger partial charge in [-0.2, -0.15) is 9.97 Å². The van der Waals surface area contributed by atoms with E-state index in [2.05, 4.69) is 137 Å². The Hall–Kier alpha value is -7.05. The first-order valence-electron chi connectivity index (χ1n) is 17.0. The van der Waals surface area contributed by atoms with Crippen molar-refractivity contribution >= 4 is 65.6 Å². The van der Waals surface area contributed by atoms with Gasteiger partial charge in [0, 0.05) is 55.2 Å². The van der Waals surface area contributed by atoms with E-state index in [1.54, 1.807) is 0 Å². The van der Waals surface area contributed by atoms with Crippen molar-refractivity contribution in [3.8, 4) is 34.4 Å². The zero-order chi connectivity index (χ0) is 33.5. The molecule has 11 rings (SSSR count). The number of benzene rings is 7. The molecule has 0 N–H and O–H groups in total. The lowest BCUT2D eigenvalue weighted by Gasteiger charge is -2.10. The second kappa shape index (κ2) is 10.7. The molecule has 51 heavy (non-hydrogen) atoms. The van der Waals surface area contributed by atoms with Crippen LogP contribution in [0.1, 0.15) is 0 Å². The quantitative estimate of drug-likeness (QED) is 0.190. The number of hydrogen-bond acceptors (Lipinski definition) is 4. The van der Waals surface area contributed by atoms with E-state index in [0.29, 0.717) is 17.6 Å². The summed E-state index contributed by atoms with van der Waals surface area (Å²) >= 11 is 0. The van der Waals surface area contributed by atoms with E-state index in [1.165, 1.54) is 16.3 Å². The highest BCUT2D eigenvalue weighted by atomic mass is 16.3. The van der Waals surface area contributed by atoms with Crippen LogP contribution in [0.15, 0.2) is 168 Å². The van der Waals surface area contributed by atoms with Gasteiger partial charge in [-0.05, 0) is 48.5 Å². The molecule has 0 saturated carbocycles. The van der Waals surface area contributed by atoms with Gasteiger partial charge in [0.15, 0.2) is 11.6 Å². The van der Waals surface area contributed by atoms with Crippen molar-refractivity contribution in [2.45, 2.75) is 0 Å². The molecule has 6 nitrogen and oxygen atoms in total. The van der Waals surface area contributed by atoms with Crippen molar-refractivity contribution in [2.75, 3.05) is 0 Å². The average molecular weight is 654 g/mol. The van der Waals surface area contributed by atoms with Crippen LogP contribution in [0.5, 0.6) is 0 Å². The Morgan fingerprint density at radius 1 is 0.353 bits per heavy atom. The minimum absolute atomic E-state index is 0.567. The van der Waals surface area contributed by atoms with Crippen LogP contribution in [0.4, 0.5) is 0 Å². The Labute approximate surface area is 291 Å². The summed E-state index contributed by atoms with van der Waals surface area (Å²) in [6, 6.07) is 56.7. The van der Waals surface area contributed by atoms with E-state index in [9.17, 15) is 0 Å². The fourth-order valence-electron chi connectivity index (χ4n) is 7.68.